The largest absolute Gasteiger partial charge is 0.363 e. The standard InChI is InChI=1S/C14H21N3O/c1-10-3-2-4-11(9-10)16-13-14(18)17(8-7-15-13)12-5-6-12/h7-8,10-12H,2-6,9H2,1H3,(H,15,16). The molecule has 2 unspecified atom stereocenters. The Morgan fingerprint density at radius 1 is 1.33 bits per heavy atom. The Morgan fingerprint density at radius 2 is 2.17 bits per heavy atom. The molecule has 1 aromatic heterocycles. The minimum atomic E-state index is 0.0539. The Morgan fingerprint density at radius 3 is 2.89 bits per heavy atom. The van der Waals surface area contributed by atoms with E-state index < -0.39 is 0 Å². The maximum Gasteiger partial charge on any atom is 0.293 e. The molecule has 0 saturated heterocycles. The zero-order chi connectivity index (χ0) is 12.5. The van der Waals surface area contributed by atoms with Crippen molar-refractivity contribution < 1.29 is 0 Å². The summed E-state index contributed by atoms with van der Waals surface area (Å²) in [4.78, 5) is 16.5. The molecule has 0 spiro atoms. The molecule has 98 valence electrons. The highest BCUT2D eigenvalue weighted by Crippen LogP contribution is 2.33. The van der Waals surface area contributed by atoms with Gasteiger partial charge in [0.25, 0.3) is 5.56 Å². The van der Waals surface area contributed by atoms with Crippen molar-refractivity contribution >= 4 is 5.82 Å². The van der Waals surface area contributed by atoms with E-state index in [2.05, 4.69) is 17.2 Å². The molecule has 2 atom stereocenters. The molecule has 2 saturated carbocycles. The van der Waals surface area contributed by atoms with Crippen molar-refractivity contribution in [2.45, 2.75) is 57.5 Å². The Hall–Kier alpha value is -1.32. The average molecular weight is 247 g/mol. The number of nitrogens with one attached hydrogen (secondary N) is 1. The summed E-state index contributed by atoms with van der Waals surface area (Å²) in [7, 11) is 0. The van der Waals surface area contributed by atoms with Crippen molar-refractivity contribution in [2.24, 2.45) is 5.92 Å². The highest BCUT2D eigenvalue weighted by molar-refractivity contribution is 5.32. The van der Waals surface area contributed by atoms with Crippen LogP contribution in [0.1, 0.15) is 51.5 Å². The lowest BCUT2D eigenvalue weighted by Gasteiger charge is -2.27. The summed E-state index contributed by atoms with van der Waals surface area (Å²) >= 11 is 0. The van der Waals surface area contributed by atoms with Crippen LogP contribution in [0.5, 0.6) is 0 Å². The Labute approximate surface area is 107 Å². The van der Waals surface area contributed by atoms with E-state index in [-0.39, 0.29) is 5.56 Å². The lowest BCUT2D eigenvalue weighted by molar-refractivity contribution is 0.358. The van der Waals surface area contributed by atoms with E-state index in [1.54, 1.807) is 6.20 Å². The molecule has 0 aromatic carbocycles. The number of aromatic nitrogens is 2. The second-order valence-corrected chi connectivity index (χ2v) is 5.83. The van der Waals surface area contributed by atoms with Crippen molar-refractivity contribution in [3.8, 4) is 0 Å². The van der Waals surface area contributed by atoms with Crippen molar-refractivity contribution in [1.82, 2.24) is 9.55 Å². The molecule has 4 heteroatoms. The fraction of sp³-hybridized carbons (Fsp3) is 0.714. The molecular formula is C14H21N3O. The molecule has 1 heterocycles. The molecule has 0 radical (unpaired) electrons. The van der Waals surface area contributed by atoms with Gasteiger partial charge in [-0.25, -0.2) is 4.98 Å². The summed E-state index contributed by atoms with van der Waals surface area (Å²) in [6.07, 6.45) is 10.7. The zero-order valence-corrected chi connectivity index (χ0v) is 10.9. The maximum absolute atomic E-state index is 12.2. The monoisotopic (exact) mass is 247 g/mol. The fourth-order valence-corrected chi connectivity index (χ4v) is 2.92. The number of nitrogens with zero attached hydrogens (tertiary/aromatic N) is 2. The number of rotatable bonds is 3. The van der Waals surface area contributed by atoms with E-state index in [0.29, 0.717) is 17.9 Å². The number of anilines is 1. The third-order valence-corrected chi connectivity index (χ3v) is 4.09. The van der Waals surface area contributed by atoms with Crippen LogP contribution in [0.25, 0.3) is 0 Å². The summed E-state index contributed by atoms with van der Waals surface area (Å²) in [6.45, 7) is 2.29. The van der Waals surface area contributed by atoms with Crippen LogP contribution in [-0.4, -0.2) is 15.6 Å². The van der Waals surface area contributed by atoms with E-state index >= 15 is 0 Å². The SMILES string of the molecule is CC1CCCC(Nc2nccn(C3CC3)c2=O)C1. The summed E-state index contributed by atoms with van der Waals surface area (Å²) in [5.74, 6) is 1.30. The van der Waals surface area contributed by atoms with E-state index in [4.69, 9.17) is 0 Å². The molecule has 2 fully saturated rings. The Bertz CT molecular complexity index is 478. The van der Waals surface area contributed by atoms with Gasteiger partial charge in [-0.1, -0.05) is 19.8 Å². The van der Waals surface area contributed by atoms with Crippen LogP contribution in [-0.2, 0) is 0 Å². The van der Waals surface area contributed by atoms with Gasteiger partial charge in [-0.2, -0.15) is 0 Å². The van der Waals surface area contributed by atoms with Gasteiger partial charge in [0.05, 0.1) is 0 Å². The summed E-state index contributed by atoms with van der Waals surface area (Å²) in [5.41, 5.74) is 0.0539. The van der Waals surface area contributed by atoms with E-state index in [0.717, 1.165) is 31.6 Å². The van der Waals surface area contributed by atoms with Crippen molar-refractivity contribution in [2.75, 3.05) is 5.32 Å². The molecule has 0 amide bonds. The number of hydrogen-bond acceptors (Lipinski definition) is 3. The number of hydrogen-bond donors (Lipinski definition) is 1. The first kappa shape index (κ1) is 11.8. The second-order valence-electron chi connectivity index (χ2n) is 5.83. The molecular weight excluding hydrogens is 226 g/mol. The van der Waals surface area contributed by atoms with Crippen molar-refractivity contribution in [3.05, 3.63) is 22.7 Å². The molecule has 2 aliphatic carbocycles. The molecule has 1 N–H and O–H groups in total. The van der Waals surface area contributed by atoms with E-state index in [1.807, 2.05) is 10.8 Å². The zero-order valence-electron chi connectivity index (χ0n) is 10.9. The lowest BCUT2D eigenvalue weighted by Crippen LogP contribution is -2.31. The third kappa shape index (κ3) is 2.42. The first-order valence-electron chi connectivity index (χ1n) is 7.07. The normalized spacial score (nSPS) is 28.1. The van der Waals surface area contributed by atoms with Gasteiger partial charge in [0.1, 0.15) is 0 Å². The van der Waals surface area contributed by atoms with Crippen LogP contribution in [0, 0.1) is 5.92 Å². The molecule has 0 bridgehead atoms. The van der Waals surface area contributed by atoms with Crippen molar-refractivity contribution in [3.63, 3.8) is 0 Å². The van der Waals surface area contributed by atoms with Gasteiger partial charge in [-0.15, -0.1) is 0 Å². The third-order valence-electron chi connectivity index (χ3n) is 4.09. The smallest absolute Gasteiger partial charge is 0.293 e. The van der Waals surface area contributed by atoms with Crippen LogP contribution in [0.2, 0.25) is 0 Å². The van der Waals surface area contributed by atoms with Crippen molar-refractivity contribution in [1.29, 1.82) is 0 Å². The average Bonchev–Trinajstić information content (AvgIpc) is 3.16. The minimum absolute atomic E-state index is 0.0539. The quantitative estimate of drug-likeness (QED) is 0.893. The minimum Gasteiger partial charge on any atom is -0.363 e. The maximum atomic E-state index is 12.2. The van der Waals surface area contributed by atoms with Gasteiger partial charge in [0.15, 0.2) is 5.82 Å². The first-order chi connectivity index (χ1) is 8.74. The van der Waals surface area contributed by atoms with Crippen LogP contribution in [0.15, 0.2) is 17.2 Å². The van der Waals surface area contributed by atoms with Gasteiger partial charge in [0.2, 0.25) is 0 Å². The first-order valence-corrected chi connectivity index (χ1v) is 7.07. The van der Waals surface area contributed by atoms with Crippen LogP contribution in [0.4, 0.5) is 5.82 Å². The highest BCUT2D eigenvalue weighted by atomic mass is 16.1. The molecule has 3 rings (SSSR count). The molecule has 4 nitrogen and oxygen atoms in total. The lowest BCUT2D eigenvalue weighted by atomic mass is 9.87. The molecule has 2 aliphatic rings. The highest BCUT2D eigenvalue weighted by Gasteiger charge is 2.26. The molecule has 18 heavy (non-hydrogen) atoms. The Kier molecular flexibility index (Phi) is 3.10. The second kappa shape index (κ2) is 4.75. The van der Waals surface area contributed by atoms with E-state index in [1.165, 1.54) is 12.8 Å². The topological polar surface area (TPSA) is 46.9 Å². The Balaban J connectivity index is 1.75. The van der Waals surface area contributed by atoms with Crippen LogP contribution in [0.3, 0.4) is 0 Å². The van der Waals surface area contributed by atoms with Gasteiger partial charge < -0.3 is 9.88 Å². The van der Waals surface area contributed by atoms with Crippen LogP contribution >= 0.6 is 0 Å². The molecule has 0 aliphatic heterocycles. The van der Waals surface area contributed by atoms with Crippen LogP contribution < -0.4 is 10.9 Å². The predicted octanol–water partition coefficient (Wildman–Crippen LogP) is 2.57. The summed E-state index contributed by atoms with van der Waals surface area (Å²) in [5, 5.41) is 3.36. The fourth-order valence-electron chi connectivity index (χ4n) is 2.92. The summed E-state index contributed by atoms with van der Waals surface area (Å²) in [6, 6.07) is 0.843. The van der Waals surface area contributed by atoms with Gasteiger partial charge >= 0.3 is 0 Å². The predicted molar refractivity (Wildman–Crippen MR) is 71.8 cm³/mol. The van der Waals surface area contributed by atoms with Gasteiger partial charge in [-0.3, -0.25) is 4.79 Å². The van der Waals surface area contributed by atoms with E-state index in [9.17, 15) is 4.79 Å². The summed E-state index contributed by atoms with van der Waals surface area (Å²) < 4.78 is 1.83. The van der Waals surface area contributed by atoms with Gasteiger partial charge in [0, 0.05) is 24.5 Å². The molecule has 1 aromatic rings. The van der Waals surface area contributed by atoms with Gasteiger partial charge in [-0.05, 0) is 31.6 Å².